The molecular formula is C22H32N4O6. The number of ether oxygens (including phenoxy) is 1. The van der Waals surface area contributed by atoms with Crippen molar-refractivity contribution in [2.24, 2.45) is 0 Å². The van der Waals surface area contributed by atoms with E-state index in [2.05, 4.69) is 10.8 Å². The molecule has 1 aromatic carbocycles. The SMILES string of the molecule is C[C@H](CONC(=O)[C@@H]1CCC2CN1C(=O)N2OCc1ccccc1)NC(=O)OC(C)(C)C. The number of nitrogens with one attached hydrogen (secondary N) is 2. The third-order valence-corrected chi connectivity index (χ3v) is 5.11. The lowest BCUT2D eigenvalue weighted by Crippen LogP contribution is -2.50. The third-order valence-electron chi connectivity index (χ3n) is 5.11. The lowest BCUT2D eigenvalue weighted by atomic mass is 10.0. The number of benzene rings is 1. The average Bonchev–Trinajstić information content (AvgIpc) is 2.95. The summed E-state index contributed by atoms with van der Waals surface area (Å²) >= 11 is 0. The Labute approximate surface area is 188 Å². The van der Waals surface area contributed by atoms with Gasteiger partial charge in [-0.3, -0.25) is 14.5 Å². The van der Waals surface area contributed by atoms with Crippen LogP contribution in [-0.2, 0) is 25.8 Å². The van der Waals surface area contributed by atoms with Crippen molar-refractivity contribution in [3.05, 3.63) is 35.9 Å². The van der Waals surface area contributed by atoms with Crippen molar-refractivity contribution in [3.8, 4) is 0 Å². The van der Waals surface area contributed by atoms with Crippen molar-refractivity contribution in [2.45, 2.75) is 70.9 Å². The second kappa shape index (κ2) is 10.2. The molecule has 2 N–H and O–H groups in total. The summed E-state index contributed by atoms with van der Waals surface area (Å²) in [6.07, 6.45) is 0.616. The monoisotopic (exact) mass is 448 g/mol. The minimum atomic E-state index is -0.627. The van der Waals surface area contributed by atoms with Gasteiger partial charge in [0.25, 0.3) is 5.91 Å². The number of hydrogen-bond acceptors (Lipinski definition) is 6. The summed E-state index contributed by atoms with van der Waals surface area (Å²) in [7, 11) is 0. The number of alkyl carbamates (subject to hydrolysis) is 1. The fourth-order valence-electron chi connectivity index (χ4n) is 3.65. The highest BCUT2D eigenvalue weighted by molar-refractivity contribution is 5.88. The minimum absolute atomic E-state index is 0.0561. The number of urea groups is 1. The standard InChI is InChI=1S/C22H32N4O6/c1-15(23-20(28)32-22(2,3)4)13-30-24-19(27)18-11-10-17-12-25(18)21(29)26(17)31-14-16-8-6-5-7-9-16/h5-9,15,17-18H,10-14H2,1-4H3,(H,23,28)(H,24,27)/t15-,17?,18+/m1/s1. The van der Waals surface area contributed by atoms with E-state index in [-0.39, 0.29) is 24.7 Å². The van der Waals surface area contributed by atoms with Gasteiger partial charge in [0.2, 0.25) is 0 Å². The van der Waals surface area contributed by atoms with Gasteiger partial charge in [-0.05, 0) is 46.1 Å². The van der Waals surface area contributed by atoms with Crippen LogP contribution in [0.4, 0.5) is 9.59 Å². The maximum absolute atomic E-state index is 12.8. The lowest BCUT2D eigenvalue weighted by Gasteiger charge is -2.29. The van der Waals surface area contributed by atoms with Gasteiger partial charge >= 0.3 is 12.1 Å². The topological polar surface area (TPSA) is 109 Å². The first-order valence-corrected chi connectivity index (χ1v) is 10.8. The van der Waals surface area contributed by atoms with Crippen LogP contribution in [0, 0.1) is 0 Å². The van der Waals surface area contributed by atoms with E-state index >= 15 is 0 Å². The fraction of sp³-hybridized carbons (Fsp3) is 0.591. The largest absolute Gasteiger partial charge is 0.444 e. The quantitative estimate of drug-likeness (QED) is 0.591. The second-order valence-corrected chi connectivity index (χ2v) is 9.09. The summed E-state index contributed by atoms with van der Waals surface area (Å²) in [6, 6.07) is 8.21. The van der Waals surface area contributed by atoms with Crippen LogP contribution < -0.4 is 10.8 Å². The fourth-order valence-corrected chi connectivity index (χ4v) is 3.65. The molecule has 2 aliphatic rings. The number of carbonyl (C=O) groups is 3. The van der Waals surface area contributed by atoms with Crippen molar-refractivity contribution in [2.75, 3.05) is 13.2 Å². The molecule has 2 heterocycles. The second-order valence-electron chi connectivity index (χ2n) is 9.09. The van der Waals surface area contributed by atoms with Crippen molar-refractivity contribution in [3.63, 3.8) is 0 Å². The van der Waals surface area contributed by atoms with Crippen LogP contribution in [0.1, 0.15) is 46.1 Å². The summed E-state index contributed by atoms with van der Waals surface area (Å²) < 4.78 is 5.18. The number of amides is 4. The zero-order valence-corrected chi connectivity index (χ0v) is 19.0. The predicted octanol–water partition coefficient (Wildman–Crippen LogP) is 2.35. The average molecular weight is 449 g/mol. The Morgan fingerprint density at radius 2 is 1.91 bits per heavy atom. The normalized spacial score (nSPS) is 21.3. The maximum Gasteiger partial charge on any atom is 0.407 e. The highest BCUT2D eigenvalue weighted by Crippen LogP contribution is 2.30. The van der Waals surface area contributed by atoms with Gasteiger partial charge in [0.1, 0.15) is 18.2 Å². The van der Waals surface area contributed by atoms with E-state index in [1.807, 2.05) is 30.3 Å². The van der Waals surface area contributed by atoms with Gasteiger partial charge in [0.15, 0.2) is 0 Å². The number of hydrogen-bond donors (Lipinski definition) is 2. The predicted molar refractivity (Wildman–Crippen MR) is 115 cm³/mol. The van der Waals surface area contributed by atoms with Crippen LogP contribution in [0.25, 0.3) is 0 Å². The molecule has 4 amide bonds. The Hall–Kier alpha value is -2.85. The van der Waals surface area contributed by atoms with Crippen LogP contribution in [0.3, 0.4) is 0 Å². The molecule has 2 fully saturated rings. The van der Waals surface area contributed by atoms with Crippen LogP contribution in [0.15, 0.2) is 30.3 Å². The van der Waals surface area contributed by atoms with E-state index in [1.54, 1.807) is 27.7 Å². The molecule has 0 saturated carbocycles. The molecule has 0 aromatic heterocycles. The summed E-state index contributed by atoms with van der Waals surface area (Å²) in [4.78, 5) is 49.7. The molecule has 0 radical (unpaired) electrons. The number of piperidine rings is 1. The number of carbonyl (C=O) groups excluding carboxylic acids is 3. The molecular weight excluding hydrogens is 416 g/mol. The molecule has 2 aliphatic heterocycles. The van der Waals surface area contributed by atoms with Crippen molar-refractivity contribution in [1.82, 2.24) is 20.8 Å². The first kappa shape index (κ1) is 23.8. The molecule has 1 aromatic rings. The van der Waals surface area contributed by atoms with E-state index in [4.69, 9.17) is 14.4 Å². The summed E-state index contributed by atoms with van der Waals surface area (Å²) in [5, 5.41) is 4.01. The Bertz CT molecular complexity index is 812. The van der Waals surface area contributed by atoms with Crippen LogP contribution in [0.2, 0.25) is 0 Å². The number of rotatable bonds is 8. The number of fused-ring (bicyclic) bond motifs is 2. The Morgan fingerprint density at radius 3 is 2.59 bits per heavy atom. The molecule has 176 valence electrons. The minimum Gasteiger partial charge on any atom is -0.444 e. The lowest BCUT2D eigenvalue weighted by molar-refractivity contribution is -0.141. The van der Waals surface area contributed by atoms with E-state index in [1.165, 1.54) is 9.96 Å². The van der Waals surface area contributed by atoms with E-state index in [0.29, 0.717) is 26.0 Å². The van der Waals surface area contributed by atoms with Crippen LogP contribution in [0.5, 0.6) is 0 Å². The molecule has 1 unspecified atom stereocenters. The molecule has 0 spiro atoms. The molecule has 0 aliphatic carbocycles. The summed E-state index contributed by atoms with van der Waals surface area (Å²) in [5.41, 5.74) is 2.76. The molecule has 3 atom stereocenters. The zero-order chi connectivity index (χ0) is 23.3. The molecule has 10 heteroatoms. The van der Waals surface area contributed by atoms with Crippen LogP contribution in [-0.4, -0.2) is 64.9 Å². The van der Waals surface area contributed by atoms with Gasteiger partial charge in [-0.25, -0.2) is 15.1 Å². The van der Waals surface area contributed by atoms with E-state index < -0.39 is 23.6 Å². The van der Waals surface area contributed by atoms with Crippen molar-refractivity contribution in [1.29, 1.82) is 0 Å². The van der Waals surface area contributed by atoms with Crippen molar-refractivity contribution < 1.29 is 28.8 Å². The molecule has 32 heavy (non-hydrogen) atoms. The van der Waals surface area contributed by atoms with Gasteiger partial charge < -0.3 is 15.0 Å². The zero-order valence-electron chi connectivity index (χ0n) is 19.0. The highest BCUT2D eigenvalue weighted by Gasteiger charge is 2.48. The molecule has 2 bridgehead atoms. The Balaban J connectivity index is 1.43. The Kier molecular flexibility index (Phi) is 7.57. The number of hydroxylamine groups is 3. The van der Waals surface area contributed by atoms with Gasteiger partial charge in [0, 0.05) is 6.54 Å². The first-order valence-electron chi connectivity index (χ1n) is 10.8. The van der Waals surface area contributed by atoms with E-state index in [0.717, 1.165) is 5.56 Å². The third kappa shape index (κ3) is 6.33. The summed E-state index contributed by atoms with van der Waals surface area (Å²) in [5.74, 6) is -0.397. The van der Waals surface area contributed by atoms with Gasteiger partial charge in [-0.15, -0.1) is 0 Å². The van der Waals surface area contributed by atoms with E-state index in [9.17, 15) is 14.4 Å². The Morgan fingerprint density at radius 1 is 1.19 bits per heavy atom. The maximum atomic E-state index is 12.8. The van der Waals surface area contributed by atoms with Gasteiger partial charge in [0.05, 0.1) is 18.7 Å². The van der Waals surface area contributed by atoms with Gasteiger partial charge in [-0.1, -0.05) is 30.3 Å². The highest BCUT2D eigenvalue weighted by atomic mass is 16.7. The molecule has 3 rings (SSSR count). The number of nitrogens with zero attached hydrogens (tertiary/aromatic N) is 2. The summed E-state index contributed by atoms with van der Waals surface area (Å²) in [6.45, 7) is 7.83. The molecule has 2 saturated heterocycles. The smallest absolute Gasteiger partial charge is 0.407 e. The first-order chi connectivity index (χ1) is 15.1. The van der Waals surface area contributed by atoms with Crippen molar-refractivity contribution >= 4 is 18.0 Å². The van der Waals surface area contributed by atoms with Crippen LogP contribution >= 0.6 is 0 Å². The molecule has 10 nitrogen and oxygen atoms in total. The van der Waals surface area contributed by atoms with Gasteiger partial charge in [-0.2, -0.15) is 5.06 Å².